The minimum absolute atomic E-state index is 0.127. The van der Waals surface area contributed by atoms with Crippen molar-refractivity contribution in [3.05, 3.63) is 32.7 Å². The lowest BCUT2D eigenvalue weighted by molar-refractivity contribution is -0.108. The van der Waals surface area contributed by atoms with Crippen molar-refractivity contribution in [2.24, 2.45) is 0 Å². The molecule has 0 amide bonds. The SMILES string of the molecule is O=CCCOCCCCOc1c(Cl)cc(OCC=C(Cl)Cl)cc1Cl. The van der Waals surface area contributed by atoms with Gasteiger partial charge in [-0.05, 0) is 18.9 Å². The van der Waals surface area contributed by atoms with Crippen molar-refractivity contribution in [1.82, 2.24) is 0 Å². The first-order chi connectivity index (χ1) is 11.5. The number of hydrogen-bond donors (Lipinski definition) is 0. The minimum atomic E-state index is 0.127. The Morgan fingerprint density at radius 2 is 1.67 bits per heavy atom. The highest BCUT2D eigenvalue weighted by Crippen LogP contribution is 2.37. The lowest BCUT2D eigenvalue weighted by Gasteiger charge is -2.12. The highest BCUT2D eigenvalue weighted by atomic mass is 35.5. The van der Waals surface area contributed by atoms with E-state index in [4.69, 9.17) is 60.6 Å². The smallest absolute Gasteiger partial charge is 0.156 e. The molecule has 0 unspecified atom stereocenters. The number of unbranched alkanes of at least 4 members (excludes halogenated alkanes) is 1. The van der Waals surface area contributed by atoms with Crippen molar-refractivity contribution in [3.63, 3.8) is 0 Å². The van der Waals surface area contributed by atoms with E-state index in [0.717, 1.165) is 19.1 Å². The average molecular weight is 416 g/mol. The molecule has 1 rings (SSSR count). The summed E-state index contributed by atoms with van der Waals surface area (Å²) < 4.78 is 16.4. The second-order valence-electron chi connectivity index (χ2n) is 4.64. The summed E-state index contributed by atoms with van der Waals surface area (Å²) in [5, 5.41) is 0.723. The second kappa shape index (κ2) is 12.7. The van der Waals surface area contributed by atoms with Gasteiger partial charge in [-0.15, -0.1) is 0 Å². The fourth-order valence-corrected chi connectivity index (χ4v) is 2.37. The Morgan fingerprint density at radius 3 is 2.29 bits per heavy atom. The predicted octanol–water partition coefficient (Wildman–Crippen LogP) is 5.46. The van der Waals surface area contributed by atoms with Crippen LogP contribution in [0.4, 0.5) is 0 Å². The molecule has 0 heterocycles. The fraction of sp³-hybridized carbons (Fsp3) is 0.438. The first-order valence-electron chi connectivity index (χ1n) is 7.31. The van der Waals surface area contributed by atoms with Crippen molar-refractivity contribution in [3.8, 4) is 11.5 Å². The largest absolute Gasteiger partial charge is 0.490 e. The van der Waals surface area contributed by atoms with Gasteiger partial charge < -0.3 is 19.0 Å². The van der Waals surface area contributed by atoms with Crippen molar-refractivity contribution in [1.29, 1.82) is 0 Å². The van der Waals surface area contributed by atoms with Gasteiger partial charge in [0.1, 0.15) is 23.1 Å². The van der Waals surface area contributed by atoms with Crippen LogP contribution in [0.5, 0.6) is 11.5 Å². The number of rotatable bonds is 12. The van der Waals surface area contributed by atoms with Crippen LogP contribution in [0.2, 0.25) is 10.0 Å². The highest BCUT2D eigenvalue weighted by molar-refractivity contribution is 6.55. The van der Waals surface area contributed by atoms with Crippen LogP contribution in [-0.4, -0.2) is 32.7 Å². The topological polar surface area (TPSA) is 44.8 Å². The first kappa shape index (κ1) is 21.4. The molecule has 0 bridgehead atoms. The summed E-state index contributed by atoms with van der Waals surface area (Å²) in [7, 11) is 0. The number of carbonyl (C=O) groups is 1. The Hall–Kier alpha value is -0.650. The zero-order valence-electron chi connectivity index (χ0n) is 12.9. The molecule has 0 aliphatic rings. The molecule has 134 valence electrons. The van der Waals surface area contributed by atoms with E-state index in [1.54, 1.807) is 12.1 Å². The molecule has 8 heteroatoms. The number of aldehydes is 1. The van der Waals surface area contributed by atoms with Gasteiger partial charge >= 0.3 is 0 Å². The van der Waals surface area contributed by atoms with Crippen LogP contribution in [0.25, 0.3) is 0 Å². The summed E-state index contributed by atoms with van der Waals surface area (Å²) in [6.07, 6.45) is 4.36. The highest BCUT2D eigenvalue weighted by Gasteiger charge is 2.10. The van der Waals surface area contributed by atoms with Crippen molar-refractivity contribution in [2.75, 3.05) is 26.4 Å². The van der Waals surface area contributed by atoms with Crippen LogP contribution >= 0.6 is 46.4 Å². The van der Waals surface area contributed by atoms with Gasteiger partial charge in [0.15, 0.2) is 5.75 Å². The van der Waals surface area contributed by atoms with E-state index >= 15 is 0 Å². The number of hydrogen-bond acceptors (Lipinski definition) is 4. The second-order valence-corrected chi connectivity index (χ2v) is 6.47. The summed E-state index contributed by atoms with van der Waals surface area (Å²) in [5.41, 5.74) is 0. The van der Waals surface area contributed by atoms with Crippen LogP contribution < -0.4 is 9.47 Å². The Balaban J connectivity index is 2.37. The van der Waals surface area contributed by atoms with Gasteiger partial charge in [0.05, 0.1) is 23.3 Å². The van der Waals surface area contributed by atoms with Gasteiger partial charge in [0.25, 0.3) is 0 Å². The standard InChI is InChI=1S/C16H18Cl4O4/c17-13-10-12(23-9-4-15(19)20)11-14(18)16(13)24-8-2-1-6-22-7-3-5-21/h4-5,10-11H,1-3,6-9H2. The van der Waals surface area contributed by atoms with Gasteiger partial charge in [-0.3, -0.25) is 0 Å². The van der Waals surface area contributed by atoms with Gasteiger partial charge in [0, 0.05) is 25.2 Å². The number of ether oxygens (including phenoxy) is 3. The predicted molar refractivity (Wildman–Crippen MR) is 98.0 cm³/mol. The summed E-state index contributed by atoms with van der Waals surface area (Å²) in [6, 6.07) is 3.22. The van der Waals surface area contributed by atoms with Gasteiger partial charge in [-0.25, -0.2) is 0 Å². The Labute approximate surface area is 161 Å². The van der Waals surface area contributed by atoms with Crippen LogP contribution in [0.1, 0.15) is 19.3 Å². The van der Waals surface area contributed by atoms with Crippen LogP contribution in [-0.2, 0) is 9.53 Å². The molecular formula is C16H18Cl4O4. The fourth-order valence-electron chi connectivity index (χ4n) is 1.67. The summed E-state index contributed by atoms with van der Waals surface area (Å²) in [6.45, 7) is 1.70. The van der Waals surface area contributed by atoms with E-state index in [9.17, 15) is 4.79 Å². The molecular weight excluding hydrogens is 398 g/mol. The maximum atomic E-state index is 10.1. The molecule has 0 spiro atoms. The molecule has 0 aliphatic heterocycles. The lowest BCUT2D eigenvalue weighted by Crippen LogP contribution is -2.03. The quantitative estimate of drug-likeness (QED) is 0.336. The molecule has 1 aromatic carbocycles. The number of carbonyl (C=O) groups excluding carboxylic acids is 1. The third-order valence-corrected chi connectivity index (χ3v) is 3.64. The molecule has 0 saturated carbocycles. The van der Waals surface area contributed by atoms with Gasteiger partial charge in [-0.2, -0.15) is 0 Å². The Bertz CT molecular complexity index is 522. The number of halogens is 4. The Kier molecular flexibility index (Phi) is 11.3. The number of benzene rings is 1. The van der Waals surface area contributed by atoms with E-state index in [-0.39, 0.29) is 11.1 Å². The molecule has 0 saturated heterocycles. The molecule has 0 atom stereocenters. The van der Waals surface area contributed by atoms with Crippen LogP contribution in [0.15, 0.2) is 22.7 Å². The molecule has 0 radical (unpaired) electrons. The third-order valence-electron chi connectivity index (χ3n) is 2.77. The van der Waals surface area contributed by atoms with E-state index in [1.807, 2.05) is 0 Å². The molecule has 24 heavy (non-hydrogen) atoms. The first-order valence-corrected chi connectivity index (χ1v) is 8.83. The molecule has 0 fully saturated rings. The summed E-state index contributed by atoms with van der Waals surface area (Å²) in [4.78, 5) is 10.1. The van der Waals surface area contributed by atoms with Crippen molar-refractivity contribution in [2.45, 2.75) is 19.3 Å². The van der Waals surface area contributed by atoms with E-state index in [0.29, 0.717) is 47.8 Å². The average Bonchev–Trinajstić information content (AvgIpc) is 2.51. The lowest BCUT2D eigenvalue weighted by atomic mass is 10.3. The molecule has 0 aliphatic carbocycles. The molecule has 4 nitrogen and oxygen atoms in total. The molecule has 0 N–H and O–H groups in total. The van der Waals surface area contributed by atoms with Crippen molar-refractivity contribution >= 4 is 52.7 Å². The van der Waals surface area contributed by atoms with Crippen LogP contribution in [0, 0.1) is 0 Å². The third kappa shape index (κ3) is 9.00. The summed E-state index contributed by atoms with van der Waals surface area (Å²) in [5.74, 6) is 0.908. The molecule has 0 aromatic heterocycles. The van der Waals surface area contributed by atoms with Crippen molar-refractivity contribution < 1.29 is 19.0 Å². The zero-order valence-corrected chi connectivity index (χ0v) is 15.9. The monoisotopic (exact) mass is 414 g/mol. The van der Waals surface area contributed by atoms with Gasteiger partial charge in [-0.1, -0.05) is 46.4 Å². The Morgan fingerprint density at radius 1 is 1.00 bits per heavy atom. The zero-order chi connectivity index (χ0) is 17.8. The maximum Gasteiger partial charge on any atom is 0.156 e. The van der Waals surface area contributed by atoms with Crippen LogP contribution in [0.3, 0.4) is 0 Å². The van der Waals surface area contributed by atoms with E-state index in [2.05, 4.69) is 0 Å². The molecule has 1 aromatic rings. The van der Waals surface area contributed by atoms with E-state index < -0.39 is 0 Å². The maximum absolute atomic E-state index is 10.1. The summed E-state index contributed by atoms with van der Waals surface area (Å²) >= 11 is 23.3. The van der Waals surface area contributed by atoms with E-state index in [1.165, 1.54) is 6.08 Å². The normalized spacial score (nSPS) is 10.3. The van der Waals surface area contributed by atoms with Gasteiger partial charge in [0.2, 0.25) is 0 Å². The minimum Gasteiger partial charge on any atom is -0.490 e.